The summed E-state index contributed by atoms with van der Waals surface area (Å²) in [5.74, 6) is -0.521. The average Bonchev–Trinajstić information content (AvgIpc) is 2.15. The van der Waals surface area contributed by atoms with Gasteiger partial charge in [-0.1, -0.05) is 0 Å². The zero-order chi connectivity index (χ0) is 11.6. The van der Waals surface area contributed by atoms with Gasteiger partial charge in [0.15, 0.2) is 5.78 Å². The van der Waals surface area contributed by atoms with Crippen molar-refractivity contribution in [1.82, 2.24) is 0 Å². The van der Waals surface area contributed by atoms with Crippen LogP contribution in [0.2, 0.25) is 0 Å². The van der Waals surface area contributed by atoms with E-state index in [1.807, 2.05) is 0 Å². The van der Waals surface area contributed by atoms with Gasteiger partial charge in [-0.15, -0.1) is 0 Å². The number of aromatic hydroxyl groups is 2. The minimum Gasteiger partial charge on any atom is -0.508 e. The summed E-state index contributed by atoms with van der Waals surface area (Å²) in [4.78, 5) is 11.6. The number of phenols is 2. The molecule has 0 radical (unpaired) electrons. The second kappa shape index (κ2) is 4.31. The van der Waals surface area contributed by atoms with E-state index in [0.717, 1.165) is 0 Å². The van der Waals surface area contributed by atoms with Gasteiger partial charge in [0.1, 0.15) is 18.1 Å². The summed E-state index contributed by atoms with van der Waals surface area (Å²) in [5, 5.41) is 19.0. The van der Waals surface area contributed by atoms with Crippen molar-refractivity contribution in [3.8, 4) is 11.5 Å². The summed E-state index contributed by atoms with van der Waals surface area (Å²) in [5.41, 5.74) is 1.38. The first-order valence-corrected chi connectivity index (χ1v) is 4.53. The van der Waals surface area contributed by atoms with Gasteiger partial charge in [0, 0.05) is 13.2 Å². The van der Waals surface area contributed by atoms with Gasteiger partial charge < -0.3 is 14.9 Å². The summed E-state index contributed by atoms with van der Waals surface area (Å²) >= 11 is 0. The fraction of sp³-hybridized carbons (Fsp3) is 0.364. The molecule has 1 aromatic carbocycles. The Labute approximate surface area is 88.1 Å². The number of carbonyl (C=O) groups is 1. The van der Waals surface area contributed by atoms with E-state index in [1.54, 1.807) is 13.8 Å². The highest BCUT2D eigenvalue weighted by Crippen LogP contribution is 2.31. The molecule has 2 N–H and O–H groups in total. The van der Waals surface area contributed by atoms with Crippen LogP contribution in [-0.4, -0.2) is 29.7 Å². The van der Waals surface area contributed by atoms with E-state index in [0.29, 0.717) is 11.1 Å². The van der Waals surface area contributed by atoms with E-state index < -0.39 is 0 Å². The lowest BCUT2D eigenvalue weighted by Crippen LogP contribution is -2.10. The predicted molar refractivity (Wildman–Crippen MR) is 55.5 cm³/mol. The second-order valence-corrected chi connectivity index (χ2v) is 3.40. The largest absolute Gasteiger partial charge is 0.508 e. The van der Waals surface area contributed by atoms with Gasteiger partial charge in [-0.2, -0.15) is 0 Å². The molecule has 0 aliphatic rings. The highest BCUT2D eigenvalue weighted by molar-refractivity contribution is 6.01. The lowest BCUT2D eigenvalue weighted by atomic mass is 9.98. The van der Waals surface area contributed by atoms with Gasteiger partial charge in [0.25, 0.3) is 0 Å². The molecule has 15 heavy (non-hydrogen) atoms. The number of ketones is 1. The molecule has 4 heteroatoms. The Bertz CT molecular complexity index is 396. The highest BCUT2D eigenvalue weighted by atomic mass is 16.5. The first-order chi connectivity index (χ1) is 6.99. The van der Waals surface area contributed by atoms with Gasteiger partial charge >= 0.3 is 0 Å². The smallest absolute Gasteiger partial charge is 0.192 e. The van der Waals surface area contributed by atoms with Crippen molar-refractivity contribution in [2.24, 2.45) is 0 Å². The van der Waals surface area contributed by atoms with Crippen LogP contribution < -0.4 is 0 Å². The normalized spacial score (nSPS) is 10.3. The van der Waals surface area contributed by atoms with E-state index in [2.05, 4.69) is 0 Å². The quantitative estimate of drug-likeness (QED) is 0.743. The molecular weight excluding hydrogens is 196 g/mol. The number of rotatable bonds is 3. The van der Waals surface area contributed by atoms with Crippen LogP contribution in [0.3, 0.4) is 0 Å². The third-order valence-electron chi connectivity index (χ3n) is 2.41. The summed E-state index contributed by atoms with van der Waals surface area (Å²) in [6.45, 7) is 3.28. The van der Waals surface area contributed by atoms with Crippen LogP contribution in [0.4, 0.5) is 0 Å². The van der Waals surface area contributed by atoms with Crippen LogP contribution in [-0.2, 0) is 4.74 Å². The average molecular weight is 210 g/mol. The maximum atomic E-state index is 11.6. The number of Topliss-reactive ketones (excluding diaryl/α,β-unsaturated/α-hetero) is 1. The van der Waals surface area contributed by atoms with E-state index >= 15 is 0 Å². The summed E-state index contributed by atoms with van der Waals surface area (Å²) in [6.07, 6.45) is 0. The molecular formula is C11H14O4. The Balaban J connectivity index is 3.29. The molecule has 0 atom stereocenters. The Morgan fingerprint density at radius 2 is 1.87 bits per heavy atom. The molecule has 0 saturated carbocycles. The van der Waals surface area contributed by atoms with Crippen LogP contribution >= 0.6 is 0 Å². The Kier molecular flexibility index (Phi) is 3.31. The molecule has 0 amide bonds. The summed E-state index contributed by atoms with van der Waals surface area (Å²) in [6, 6.07) is 1.17. The van der Waals surface area contributed by atoms with Crippen molar-refractivity contribution < 1.29 is 19.7 Å². The van der Waals surface area contributed by atoms with Gasteiger partial charge in [-0.3, -0.25) is 4.79 Å². The van der Waals surface area contributed by atoms with Crippen LogP contribution in [0.15, 0.2) is 6.07 Å². The minimum atomic E-state index is -0.296. The fourth-order valence-electron chi connectivity index (χ4n) is 1.44. The van der Waals surface area contributed by atoms with E-state index in [-0.39, 0.29) is 29.5 Å². The van der Waals surface area contributed by atoms with Crippen LogP contribution in [0.25, 0.3) is 0 Å². The van der Waals surface area contributed by atoms with Gasteiger partial charge in [-0.25, -0.2) is 0 Å². The summed E-state index contributed by atoms with van der Waals surface area (Å²) in [7, 11) is 1.41. The van der Waals surface area contributed by atoms with E-state index in [4.69, 9.17) is 4.74 Å². The second-order valence-electron chi connectivity index (χ2n) is 3.40. The Morgan fingerprint density at radius 1 is 1.27 bits per heavy atom. The molecule has 0 heterocycles. The topological polar surface area (TPSA) is 66.8 Å². The SMILES string of the molecule is COCC(=O)c1c(O)cc(O)c(C)c1C. The maximum Gasteiger partial charge on any atom is 0.192 e. The minimum absolute atomic E-state index is 0.0148. The Morgan fingerprint density at radius 3 is 2.40 bits per heavy atom. The number of carbonyl (C=O) groups excluding carboxylic acids is 1. The lowest BCUT2D eigenvalue weighted by molar-refractivity contribution is 0.0844. The van der Waals surface area contributed by atoms with Gasteiger partial charge in [-0.05, 0) is 25.0 Å². The number of methoxy groups -OCH3 is 1. The van der Waals surface area contributed by atoms with Crippen molar-refractivity contribution in [3.63, 3.8) is 0 Å². The molecule has 0 bridgehead atoms. The van der Waals surface area contributed by atoms with Crippen molar-refractivity contribution in [2.45, 2.75) is 13.8 Å². The molecule has 0 unspecified atom stereocenters. The highest BCUT2D eigenvalue weighted by Gasteiger charge is 2.17. The zero-order valence-corrected chi connectivity index (χ0v) is 9.00. The molecule has 0 fully saturated rings. The number of ether oxygens (including phenoxy) is 1. The maximum absolute atomic E-state index is 11.6. The van der Waals surface area contributed by atoms with E-state index in [9.17, 15) is 15.0 Å². The predicted octanol–water partition coefficient (Wildman–Crippen LogP) is 1.54. The van der Waals surface area contributed by atoms with Crippen LogP contribution in [0, 0.1) is 13.8 Å². The van der Waals surface area contributed by atoms with E-state index in [1.165, 1.54) is 13.2 Å². The number of hydrogen-bond acceptors (Lipinski definition) is 4. The van der Waals surface area contributed by atoms with Gasteiger partial charge in [0.2, 0.25) is 0 Å². The number of phenolic OH excluding ortho intramolecular Hbond substituents is 2. The molecule has 0 aliphatic carbocycles. The molecule has 0 aromatic heterocycles. The molecule has 4 nitrogen and oxygen atoms in total. The Hall–Kier alpha value is -1.55. The third-order valence-corrected chi connectivity index (χ3v) is 2.41. The van der Waals surface area contributed by atoms with Crippen molar-refractivity contribution >= 4 is 5.78 Å². The van der Waals surface area contributed by atoms with Crippen molar-refractivity contribution in [3.05, 3.63) is 22.8 Å². The lowest BCUT2D eigenvalue weighted by Gasteiger charge is -2.11. The molecule has 1 aromatic rings. The number of hydrogen-bond donors (Lipinski definition) is 2. The van der Waals surface area contributed by atoms with Crippen LogP contribution in [0.5, 0.6) is 11.5 Å². The fourth-order valence-corrected chi connectivity index (χ4v) is 1.44. The molecule has 0 spiro atoms. The molecule has 0 aliphatic heterocycles. The van der Waals surface area contributed by atoms with Crippen molar-refractivity contribution in [1.29, 1.82) is 0 Å². The number of benzene rings is 1. The molecule has 1 rings (SSSR count). The first kappa shape index (κ1) is 11.5. The van der Waals surface area contributed by atoms with Gasteiger partial charge in [0.05, 0.1) is 5.56 Å². The molecule has 82 valence electrons. The van der Waals surface area contributed by atoms with Crippen LogP contribution in [0.1, 0.15) is 21.5 Å². The zero-order valence-electron chi connectivity index (χ0n) is 9.00. The monoisotopic (exact) mass is 210 g/mol. The molecule has 0 saturated heterocycles. The first-order valence-electron chi connectivity index (χ1n) is 4.53. The summed E-state index contributed by atoms with van der Waals surface area (Å²) < 4.78 is 4.71. The standard InChI is InChI=1S/C11H14O4/c1-6-7(2)11(10(14)5-15-3)9(13)4-8(6)12/h4,12-13H,5H2,1-3H3. The van der Waals surface area contributed by atoms with Crippen molar-refractivity contribution in [2.75, 3.05) is 13.7 Å². The third kappa shape index (κ3) is 2.10.